The summed E-state index contributed by atoms with van der Waals surface area (Å²) in [6, 6.07) is 13.7. The molecule has 8 heteroatoms. The van der Waals surface area contributed by atoms with Crippen LogP contribution in [0.15, 0.2) is 60.9 Å². The maximum Gasteiger partial charge on any atom is 0.293 e. The van der Waals surface area contributed by atoms with Gasteiger partial charge in [-0.3, -0.25) is 14.9 Å². The highest BCUT2D eigenvalue weighted by Crippen LogP contribution is 2.31. The fourth-order valence-electron chi connectivity index (χ4n) is 3.08. The number of para-hydroxylation sites is 1. The van der Waals surface area contributed by atoms with Crippen LogP contribution in [0, 0.1) is 10.1 Å². The van der Waals surface area contributed by atoms with Crippen LogP contribution in [0.25, 0.3) is 5.69 Å². The fourth-order valence-corrected chi connectivity index (χ4v) is 3.08. The molecule has 3 aromatic rings. The summed E-state index contributed by atoms with van der Waals surface area (Å²) in [6.45, 7) is 5.59. The van der Waals surface area contributed by atoms with Crippen LogP contribution in [0.1, 0.15) is 42.7 Å². The van der Waals surface area contributed by atoms with Crippen LogP contribution < -0.4 is 10.6 Å². The minimum atomic E-state index is -0.486. The molecule has 8 nitrogen and oxygen atoms in total. The Morgan fingerprint density at radius 3 is 2.55 bits per heavy atom. The van der Waals surface area contributed by atoms with E-state index in [2.05, 4.69) is 15.7 Å². The fraction of sp³-hybridized carbons (Fsp3) is 0.238. The van der Waals surface area contributed by atoms with E-state index in [-0.39, 0.29) is 29.2 Å². The van der Waals surface area contributed by atoms with Crippen molar-refractivity contribution in [2.45, 2.75) is 32.9 Å². The topological polar surface area (TPSA) is 102 Å². The van der Waals surface area contributed by atoms with Gasteiger partial charge in [0.05, 0.1) is 16.7 Å². The van der Waals surface area contributed by atoms with Gasteiger partial charge in [-0.1, -0.05) is 18.2 Å². The van der Waals surface area contributed by atoms with Crippen molar-refractivity contribution in [1.29, 1.82) is 0 Å². The zero-order valence-corrected chi connectivity index (χ0v) is 16.5. The van der Waals surface area contributed by atoms with Crippen LogP contribution in [-0.2, 0) is 0 Å². The number of carbonyl (C=O) groups excluding carboxylic acids is 1. The number of amides is 1. The average Bonchev–Trinajstić information content (AvgIpc) is 3.22. The number of nitro groups is 1. The van der Waals surface area contributed by atoms with Gasteiger partial charge in [-0.25, -0.2) is 4.68 Å². The van der Waals surface area contributed by atoms with Crippen LogP contribution in [0.2, 0.25) is 0 Å². The number of hydrogen-bond donors (Lipinski definition) is 2. The second-order valence-electron chi connectivity index (χ2n) is 6.99. The summed E-state index contributed by atoms with van der Waals surface area (Å²) in [5, 5.41) is 21.8. The summed E-state index contributed by atoms with van der Waals surface area (Å²) in [5.41, 5.74) is 2.27. The SMILES string of the molecule is CC(C)NC(=O)c1ccc(NC(C)c2ccccc2-n2cccn2)c([N+](=O)[O-])c1. The van der Waals surface area contributed by atoms with Gasteiger partial charge in [-0.2, -0.15) is 5.10 Å². The Hall–Kier alpha value is -3.68. The molecule has 3 rings (SSSR count). The number of rotatable bonds is 7. The molecule has 1 heterocycles. The first-order valence-electron chi connectivity index (χ1n) is 9.31. The first-order chi connectivity index (χ1) is 13.9. The Morgan fingerprint density at radius 2 is 1.90 bits per heavy atom. The van der Waals surface area contributed by atoms with Crippen molar-refractivity contribution < 1.29 is 9.72 Å². The molecule has 0 fully saturated rings. The molecule has 1 aromatic heterocycles. The Bertz CT molecular complexity index is 1010. The van der Waals surface area contributed by atoms with Gasteiger partial charge in [-0.15, -0.1) is 0 Å². The molecule has 1 amide bonds. The standard InChI is InChI=1S/C21H23N5O3/c1-14(2)23-21(27)16-9-10-18(20(13-16)26(28)29)24-15(3)17-7-4-5-8-19(17)25-12-6-11-22-25/h4-15,24H,1-3H3,(H,23,27). The lowest BCUT2D eigenvalue weighted by molar-refractivity contribution is -0.384. The molecule has 2 aromatic carbocycles. The molecule has 29 heavy (non-hydrogen) atoms. The van der Waals surface area contributed by atoms with E-state index in [1.54, 1.807) is 23.0 Å². The third kappa shape index (κ3) is 4.60. The molecule has 0 aliphatic carbocycles. The van der Waals surface area contributed by atoms with E-state index in [1.807, 2.05) is 57.3 Å². The van der Waals surface area contributed by atoms with Gasteiger partial charge in [-0.05, 0) is 50.6 Å². The van der Waals surface area contributed by atoms with Gasteiger partial charge in [0.1, 0.15) is 5.69 Å². The quantitative estimate of drug-likeness (QED) is 0.465. The number of anilines is 1. The van der Waals surface area contributed by atoms with Crippen molar-refractivity contribution in [3.05, 3.63) is 82.2 Å². The van der Waals surface area contributed by atoms with Gasteiger partial charge >= 0.3 is 0 Å². The second kappa shape index (κ2) is 8.55. The summed E-state index contributed by atoms with van der Waals surface area (Å²) in [4.78, 5) is 23.3. The minimum Gasteiger partial charge on any atom is -0.373 e. The molecule has 0 radical (unpaired) electrons. The monoisotopic (exact) mass is 393 g/mol. The third-order valence-corrected chi connectivity index (χ3v) is 4.40. The van der Waals surface area contributed by atoms with E-state index in [0.717, 1.165) is 11.3 Å². The predicted molar refractivity (Wildman–Crippen MR) is 111 cm³/mol. The summed E-state index contributed by atoms with van der Waals surface area (Å²) in [7, 11) is 0. The van der Waals surface area contributed by atoms with Gasteiger partial charge in [0, 0.05) is 30.1 Å². The Labute approximate surface area is 168 Å². The van der Waals surface area contributed by atoms with Gasteiger partial charge in [0.25, 0.3) is 11.6 Å². The van der Waals surface area contributed by atoms with Crippen molar-refractivity contribution in [3.63, 3.8) is 0 Å². The molecular weight excluding hydrogens is 370 g/mol. The van der Waals surface area contributed by atoms with E-state index >= 15 is 0 Å². The van der Waals surface area contributed by atoms with Crippen molar-refractivity contribution in [1.82, 2.24) is 15.1 Å². The van der Waals surface area contributed by atoms with Crippen molar-refractivity contribution in [3.8, 4) is 5.69 Å². The lowest BCUT2D eigenvalue weighted by Crippen LogP contribution is -2.30. The number of aromatic nitrogens is 2. The van der Waals surface area contributed by atoms with Crippen molar-refractivity contribution in [2.24, 2.45) is 0 Å². The molecule has 0 aliphatic rings. The predicted octanol–water partition coefficient (Wildman–Crippen LogP) is 4.09. The number of nitrogens with zero attached hydrogens (tertiary/aromatic N) is 3. The largest absolute Gasteiger partial charge is 0.373 e. The first kappa shape index (κ1) is 20.1. The molecule has 0 aliphatic heterocycles. The molecule has 2 N–H and O–H groups in total. The molecule has 0 saturated carbocycles. The van der Waals surface area contributed by atoms with E-state index in [4.69, 9.17) is 0 Å². The second-order valence-corrected chi connectivity index (χ2v) is 6.99. The Kier molecular flexibility index (Phi) is 5.92. The molecular formula is C21H23N5O3. The average molecular weight is 393 g/mol. The van der Waals surface area contributed by atoms with Gasteiger partial charge < -0.3 is 10.6 Å². The van der Waals surface area contributed by atoms with E-state index in [9.17, 15) is 14.9 Å². The Balaban J connectivity index is 1.90. The summed E-state index contributed by atoms with van der Waals surface area (Å²) in [6.07, 6.45) is 3.54. The smallest absolute Gasteiger partial charge is 0.293 e. The van der Waals surface area contributed by atoms with Crippen LogP contribution in [0.3, 0.4) is 0 Å². The lowest BCUT2D eigenvalue weighted by atomic mass is 10.0. The highest BCUT2D eigenvalue weighted by Gasteiger charge is 2.21. The van der Waals surface area contributed by atoms with Crippen molar-refractivity contribution in [2.75, 3.05) is 5.32 Å². The van der Waals surface area contributed by atoms with E-state index in [0.29, 0.717) is 5.69 Å². The normalized spacial score (nSPS) is 11.9. The number of hydrogen-bond acceptors (Lipinski definition) is 5. The number of nitro benzene ring substituents is 1. The van der Waals surface area contributed by atoms with E-state index < -0.39 is 4.92 Å². The molecule has 0 spiro atoms. The van der Waals surface area contributed by atoms with Crippen molar-refractivity contribution >= 4 is 17.3 Å². The van der Waals surface area contributed by atoms with E-state index in [1.165, 1.54) is 6.07 Å². The lowest BCUT2D eigenvalue weighted by Gasteiger charge is -2.19. The van der Waals surface area contributed by atoms with Gasteiger partial charge in [0.15, 0.2) is 0 Å². The zero-order chi connectivity index (χ0) is 21.0. The number of nitrogens with one attached hydrogen (secondary N) is 2. The molecule has 0 saturated heterocycles. The highest BCUT2D eigenvalue weighted by molar-refractivity contribution is 5.95. The minimum absolute atomic E-state index is 0.0572. The summed E-state index contributed by atoms with van der Waals surface area (Å²) >= 11 is 0. The van der Waals surface area contributed by atoms with Crippen LogP contribution in [0.4, 0.5) is 11.4 Å². The number of benzene rings is 2. The number of carbonyl (C=O) groups is 1. The van der Waals surface area contributed by atoms with Crippen LogP contribution in [-0.4, -0.2) is 26.7 Å². The highest BCUT2D eigenvalue weighted by atomic mass is 16.6. The zero-order valence-electron chi connectivity index (χ0n) is 16.5. The molecule has 1 atom stereocenters. The summed E-state index contributed by atoms with van der Waals surface area (Å²) < 4.78 is 1.75. The maximum atomic E-state index is 12.2. The summed E-state index contributed by atoms with van der Waals surface area (Å²) in [5.74, 6) is -0.341. The molecule has 150 valence electrons. The molecule has 0 bridgehead atoms. The maximum absolute atomic E-state index is 12.2. The van der Waals surface area contributed by atoms with Crippen LogP contribution >= 0.6 is 0 Å². The van der Waals surface area contributed by atoms with Gasteiger partial charge in [0.2, 0.25) is 0 Å². The van der Waals surface area contributed by atoms with Crippen LogP contribution in [0.5, 0.6) is 0 Å². The Morgan fingerprint density at radius 1 is 1.14 bits per heavy atom. The first-order valence-corrected chi connectivity index (χ1v) is 9.31. The molecule has 1 unspecified atom stereocenters. The third-order valence-electron chi connectivity index (χ3n) is 4.40.